The van der Waals surface area contributed by atoms with Crippen LogP contribution in [0.5, 0.6) is 5.75 Å². The van der Waals surface area contributed by atoms with Crippen LogP contribution in [0.2, 0.25) is 0 Å². The van der Waals surface area contributed by atoms with E-state index in [1.54, 1.807) is 23.1 Å². The van der Waals surface area contributed by atoms with Gasteiger partial charge in [0.15, 0.2) is 0 Å². The molecule has 2 aromatic carbocycles. The lowest BCUT2D eigenvalue weighted by molar-refractivity contribution is 0.0996. The number of phenols is 1. The highest BCUT2D eigenvalue weighted by molar-refractivity contribution is 6.10. The van der Waals surface area contributed by atoms with E-state index >= 15 is 0 Å². The number of carbonyl (C=O) groups excluding carboxylic acids is 1. The van der Waals surface area contributed by atoms with Gasteiger partial charge < -0.3 is 10.0 Å². The summed E-state index contributed by atoms with van der Waals surface area (Å²) in [6.45, 7) is 4.72. The van der Waals surface area contributed by atoms with E-state index in [4.69, 9.17) is 0 Å². The molecule has 102 valence electrons. The maximum atomic E-state index is 12.4. The monoisotopic (exact) mass is 267 g/mol. The number of anilines is 1. The third-order valence-electron chi connectivity index (χ3n) is 3.81. The minimum Gasteiger partial charge on any atom is -0.508 e. The van der Waals surface area contributed by atoms with Gasteiger partial charge in [0.1, 0.15) is 5.75 Å². The Morgan fingerprint density at radius 1 is 1.10 bits per heavy atom. The fourth-order valence-electron chi connectivity index (χ4n) is 2.56. The highest BCUT2D eigenvalue weighted by Gasteiger charge is 2.30. The Balaban J connectivity index is 1.94. The van der Waals surface area contributed by atoms with E-state index in [1.807, 2.05) is 12.1 Å². The van der Waals surface area contributed by atoms with E-state index < -0.39 is 0 Å². The second-order valence-corrected chi connectivity index (χ2v) is 5.44. The molecule has 3 rings (SSSR count). The highest BCUT2D eigenvalue weighted by atomic mass is 16.3. The smallest absolute Gasteiger partial charge is 0.259 e. The number of rotatable bonds is 2. The van der Waals surface area contributed by atoms with Crippen LogP contribution in [-0.2, 0) is 6.54 Å². The largest absolute Gasteiger partial charge is 0.508 e. The van der Waals surface area contributed by atoms with Crippen LogP contribution >= 0.6 is 0 Å². The quantitative estimate of drug-likeness (QED) is 0.901. The summed E-state index contributed by atoms with van der Waals surface area (Å²) in [6.07, 6.45) is 0. The van der Waals surface area contributed by atoms with E-state index in [-0.39, 0.29) is 11.7 Å². The number of nitrogens with zero attached hydrogens (tertiary/aromatic N) is 1. The van der Waals surface area contributed by atoms with Crippen LogP contribution in [0, 0.1) is 0 Å². The summed E-state index contributed by atoms with van der Waals surface area (Å²) < 4.78 is 0. The van der Waals surface area contributed by atoms with Crippen molar-refractivity contribution >= 4 is 11.6 Å². The van der Waals surface area contributed by atoms with Crippen molar-refractivity contribution in [2.24, 2.45) is 0 Å². The van der Waals surface area contributed by atoms with Crippen molar-refractivity contribution in [3.05, 3.63) is 59.2 Å². The molecule has 3 heteroatoms. The van der Waals surface area contributed by atoms with Gasteiger partial charge in [0.25, 0.3) is 5.91 Å². The summed E-state index contributed by atoms with van der Waals surface area (Å²) in [7, 11) is 0. The van der Waals surface area contributed by atoms with Crippen LogP contribution in [-0.4, -0.2) is 11.0 Å². The molecule has 1 N–H and O–H groups in total. The van der Waals surface area contributed by atoms with Gasteiger partial charge >= 0.3 is 0 Å². The number of carbonyl (C=O) groups is 1. The standard InChI is InChI=1S/C17H17NO2/c1-11(2)12-6-8-13(9-7-12)18-10-15-14(17(18)20)4-3-5-16(15)19/h3-9,11,19H,10H2,1-2H3. The summed E-state index contributed by atoms with van der Waals surface area (Å²) in [5.74, 6) is 0.616. The third kappa shape index (κ3) is 1.95. The van der Waals surface area contributed by atoms with E-state index in [1.165, 1.54) is 5.56 Å². The molecule has 0 spiro atoms. The molecule has 1 aliphatic heterocycles. The van der Waals surface area contributed by atoms with Gasteiger partial charge in [-0.05, 0) is 35.7 Å². The van der Waals surface area contributed by atoms with Crippen LogP contribution in [0.15, 0.2) is 42.5 Å². The molecule has 0 atom stereocenters. The van der Waals surface area contributed by atoms with Crippen molar-refractivity contribution < 1.29 is 9.90 Å². The molecule has 20 heavy (non-hydrogen) atoms. The van der Waals surface area contributed by atoms with Gasteiger partial charge in [-0.2, -0.15) is 0 Å². The molecule has 1 heterocycles. The number of aromatic hydroxyl groups is 1. The first-order valence-electron chi connectivity index (χ1n) is 6.80. The van der Waals surface area contributed by atoms with Crippen molar-refractivity contribution in [3.63, 3.8) is 0 Å². The number of hydrogen-bond donors (Lipinski definition) is 1. The lowest BCUT2D eigenvalue weighted by atomic mass is 10.0. The Morgan fingerprint density at radius 3 is 2.40 bits per heavy atom. The summed E-state index contributed by atoms with van der Waals surface area (Å²) in [5.41, 5.74) is 3.43. The van der Waals surface area contributed by atoms with Gasteiger partial charge in [-0.25, -0.2) is 0 Å². The summed E-state index contributed by atoms with van der Waals surface area (Å²) in [5, 5.41) is 9.85. The van der Waals surface area contributed by atoms with Crippen LogP contribution in [0.25, 0.3) is 0 Å². The van der Waals surface area contributed by atoms with E-state index in [0.717, 1.165) is 5.69 Å². The van der Waals surface area contributed by atoms with Crippen molar-refractivity contribution in [2.45, 2.75) is 26.3 Å². The van der Waals surface area contributed by atoms with Crippen LogP contribution in [0.3, 0.4) is 0 Å². The molecule has 2 aromatic rings. The zero-order valence-electron chi connectivity index (χ0n) is 11.6. The summed E-state index contributed by atoms with van der Waals surface area (Å²) in [6, 6.07) is 13.1. The van der Waals surface area contributed by atoms with Crippen molar-refractivity contribution in [2.75, 3.05) is 4.90 Å². The molecule has 0 radical (unpaired) electrons. The Hall–Kier alpha value is -2.29. The number of phenolic OH excluding ortho intramolecular Hbond substituents is 1. The van der Waals surface area contributed by atoms with Gasteiger partial charge in [-0.15, -0.1) is 0 Å². The van der Waals surface area contributed by atoms with E-state index in [0.29, 0.717) is 23.6 Å². The predicted octanol–water partition coefficient (Wildman–Crippen LogP) is 3.68. The minimum absolute atomic E-state index is 0.0480. The maximum absolute atomic E-state index is 12.4. The second-order valence-electron chi connectivity index (χ2n) is 5.44. The lowest BCUT2D eigenvalue weighted by Gasteiger charge is -2.16. The minimum atomic E-state index is -0.0480. The fraction of sp³-hybridized carbons (Fsp3) is 0.235. The van der Waals surface area contributed by atoms with Crippen LogP contribution in [0.1, 0.15) is 41.3 Å². The third-order valence-corrected chi connectivity index (χ3v) is 3.81. The molecule has 0 saturated carbocycles. The topological polar surface area (TPSA) is 40.5 Å². The van der Waals surface area contributed by atoms with Crippen molar-refractivity contribution in [1.29, 1.82) is 0 Å². The van der Waals surface area contributed by atoms with Crippen molar-refractivity contribution in [1.82, 2.24) is 0 Å². The van der Waals surface area contributed by atoms with Crippen LogP contribution < -0.4 is 4.90 Å². The molecule has 0 aromatic heterocycles. The second kappa shape index (κ2) is 4.67. The lowest BCUT2D eigenvalue weighted by Crippen LogP contribution is -2.22. The molecular weight excluding hydrogens is 250 g/mol. The Labute approximate surface area is 118 Å². The molecular formula is C17H17NO2. The Morgan fingerprint density at radius 2 is 1.80 bits per heavy atom. The number of benzene rings is 2. The van der Waals surface area contributed by atoms with Crippen LogP contribution in [0.4, 0.5) is 5.69 Å². The van der Waals surface area contributed by atoms with E-state index in [9.17, 15) is 9.90 Å². The molecule has 1 aliphatic rings. The van der Waals surface area contributed by atoms with Gasteiger partial charge in [0.05, 0.1) is 6.54 Å². The number of amides is 1. The molecule has 0 bridgehead atoms. The predicted molar refractivity (Wildman–Crippen MR) is 79.2 cm³/mol. The summed E-state index contributed by atoms with van der Waals surface area (Å²) >= 11 is 0. The maximum Gasteiger partial charge on any atom is 0.259 e. The SMILES string of the molecule is CC(C)c1ccc(N2Cc3c(O)cccc3C2=O)cc1. The zero-order valence-corrected chi connectivity index (χ0v) is 11.6. The highest BCUT2D eigenvalue weighted by Crippen LogP contribution is 2.33. The first-order chi connectivity index (χ1) is 9.58. The first kappa shape index (κ1) is 12.7. The average Bonchev–Trinajstić information content (AvgIpc) is 2.78. The van der Waals surface area contributed by atoms with Gasteiger partial charge in [0.2, 0.25) is 0 Å². The molecule has 0 aliphatic carbocycles. The number of fused-ring (bicyclic) bond motifs is 1. The van der Waals surface area contributed by atoms with Gasteiger partial charge in [-0.3, -0.25) is 4.79 Å². The van der Waals surface area contributed by atoms with Gasteiger partial charge in [-0.1, -0.05) is 32.0 Å². The Bertz CT molecular complexity index is 659. The molecule has 1 amide bonds. The zero-order chi connectivity index (χ0) is 14.3. The average molecular weight is 267 g/mol. The molecule has 0 unspecified atom stereocenters. The van der Waals surface area contributed by atoms with E-state index in [2.05, 4.69) is 26.0 Å². The molecule has 3 nitrogen and oxygen atoms in total. The normalized spacial score (nSPS) is 13.9. The fourth-order valence-corrected chi connectivity index (χ4v) is 2.56. The molecule has 0 saturated heterocycles. The first-order valence-corrected chi connectivity index (χ1v) is 6.80. The summed E-state index contributed by atoms with van der Waals surface area (Å²) in [4.78, 5) is 14.1. The van der Waals surface area contributed by atoms with Gasteiger partial charge in [0, 0.05) is 16.8 Å². The van der Waals surface area contributed by atoms with Crippen molar-refractivity contribution in [3.8, 4) is 5.75 Å². The molecule has 0 fully saturated rings. The Kier molecular flexibility index (Phi) is 2.97. The number of hydrogen-bond acceptors (Lipinski definition) is 2.